The molecule has 0 fully saturated rings. The highest BCUT2D eigenvalue weighted by atomic mass is 16.6. The highest BCUT2D eigenvalue weighted by molar-refractivity contribution is 5.81. The Labute approximate surface area is 197 Å². The van der Waals surface area contributed by atoms with Crippen LogP contribution in [-0.2, 0) is 0 Å². The Balaban J connectivity index is 2.00. The quantitative estimate of drug-likeness (QED) is 0.279. The molecule has 1 heterocycles. The van der Waals surface area contributed by atoms with E-state index in [0.717, 1.165) is 0 Å². The van der Waals surface area contributed by atoms with Crippen molar-refractivity contribution in [1.82, 2.24) is 14.5 Å². The molecule has 7 nitrogen and oxygen atoms in total. The first-order valence-corrected chi connectivity index (χ1v) is 11.0. The smallest absolute Gasteiger partial charge is 0.276 e. The Kier molecular flexibility index (Phi) is 6.27. The monoisotopic (exact) mass is 454 g/mol. The molecular formula is C27H26N4O3. The van der Waals surface area contributed by atoms with Crippen molar-refractivity contribution in [3.8, 4) is 17.1 Å². The summed E-state index contributed by atoms with van der Waals surface area (Å²) in [6, 6.07) is 19.8. The number of aromatic nitrogens is 2. The molecule has 0 saturated carbocycles. The molecule has 0 saturated heterocycles. The summed E-state index contributed by atoms with van der Waals surface area (Å²) in [6.45, 7) is 4.23. The fourth-order valence-corrected chi connectivity index (χ4v) is 3.80. The number of nitro groups is 1. The number of hydrogen-bond donors (Lipinski definition) is 0. The van der Waals surface area contributed by atoms with Crippen molar-refractivity contribution in [2.75, 3.05) is 14.1 Å². The van der Waals surface area contributed by atoms with Gasteiger partial charge >= 0.3 is 0 Å². The molecule has 172 valence electrons. The second-order valence-electron chi connectivity index (χ2n) is 8.65. The summed E-state index contributed by atoms with van der Waals surface area (Å²) in [6.07, 6.45) is 3.43. The molecule has 4 rings (SSSR count). The van der Waals surface area contributed by atoms with Gasteiger partial charge in [-0.05, 0) is 60.2 Å². The second kappa shape index (κ2) is 9.31. The van der Waals surface area contributed by atoms with Crippen molar-refractivity contribution < 1.29 is 4.92 Å². The van der Waals surface area contributed by atoms with Gasteiger partial charge < -0.3 is 4.90 Å². The first-order chi connectivity index (χ1) is 16.3. The second-order valence-corrected chi connectivity index (χ2v) is 8.65. The Hall–Kier alpha value is -4.26. The van der Waals surface area contributed by atoms with Gasteiger partial charge in [-0.25, -0.2) is 4.98 Å². The third-order valence-corrected chi connectivity index (χ3v) is 5.63. The minimum atomic E-state index is -0.412. The van der Waals surface area contributed by atoms with Crippen LogP contribution in [0.4, 0.5) is 5.69 Å². The van der Waals surface area contributed by atoms with Crippen LogP contribution in [0.25, 0.3) is 34.1 Å². The van der Waals surface area contributed by atoms with Gasteiger partial charge in [-0.15, -0.1) is 0 Å². The van der Waals surface area contributed by atoms with E-state index >= 15 is 0 Å². The molecule has 0 unspecified atom stereocenters. The zero-order valence-corrected chi connectivity index (χ0v) is 19.6. The highest BCUT2D eigenvalue weighted by Gasteiger charge is 2.18. The molecule has 0 amide bonds. The van der Waals surface area contributed by atoms with Crippen molar-refractivity contribution in [3.63, 3.8) is 0 Å². The molecule has 7 heteroatoms. The first-order valence-electron chi connectivity index (χ1n) is 11.0. The maximum absolute atomic E-state index is 13.6. The minimum absolute atomic E-state index is 0.0159. The van der Waals surface area contributed by atoms with Crippen LogP contribution in [-0.4, -0.2) is 33.5 Å². The summed E-state index contributed by atoms with van der Waals surface area (Å²) in [4.78, 5) is 31.4. The number of hydrogen-bond acceptors (Lipinski definition) is 5. The van der Waals surface area contributed by atoms with Gasteiger partial charge in [-0.3, -0.25) is 19.5 Å². The van der Waals surface area contributed by atoms with E-state index in [2.05, 4.69) is 13.8 Å². The lowest BCUT2D eigenvalue weighted by molar-refractivity contribution is -0.385. The van der Waals surface area contributed by atoms with Crippen LogP contribution in [0.15, 0.2) is 77.7 Å². The van der Waals surface area contributed by atoms with Gasteiger partial charge in [0.15, 0.2) is 0 Å². The van der Waals surface area contributed by atoms with Crippen molar-refractivity contribution in [1.29, 1.82) is 0 Å². The average Bonchev–Trinajstić information content (AvgIpc) is 2.82. The fourth-order valence-electron chi connectivity index (χ4n) is 3.80. The molecule has 0 spiro atoms. The SMILES string of the molecule is CC(C)c1ccc(-n2c(-c3ccc([N+](=O)[O-])c(C=CN(C)C)c3)nc3ccccc3c2=O)cc1. The van der Waals surface area contributed by atoms with Gasteiger partial charge in [0, 0.05) is 25.7 Å². The van der Waals surface area contributed by atoms with Crippen molar-refractivity contribution >= 4 is 22.7 Å². The Morgan fingerprint density at radius 3 is 2.38 bits per heavy atom. The van der Waals surface area contributed by atoms with Gasteiger partial charge in [0.1, 0.15) is 5.82 Å². The van der Waals surface area contributed by atoms with E-state index < -0.39 is 4.92 Å². The molecule has 0 aliphatic carbocycles. The molecule has 0 radical (unpaired) electrons. The molecule has 0 bridgehead atoms. The maximum atomic E-state index is 13.6. The van der Waals surface area contributed by atoms with E-state index in [1.54, 1.807) is 46.0 Å². The number of fused-ring (bicyclic) bond motifs is 1. The van der Waals surface area contributed by atoms with Gasteiger partial charge in [0.25, 0.3) is 11.2 Å². The van der Waals surface area contributed by atoms with E-state index in [1.165, 1.54) is 11.6 Å². The Bertz CT molecular complexity index is 1450. The molecule has 34 heavy (non-hydrogen) atoms. The van der Waals surface area contributed by atoms with E-state index in [-0.39, 0.29) is 11.2 Å². The lowest BCUT2D eigenvalue weighted by Gasteiger charge is -2.15. The topological polar surface area (TPSA) is 81.3 Å². The van der Waals surface area contributed by atoms with Crippen LogP contribution in [0.5, 0.6) is 0 Å². The maximum Gasteiger partial charge on any atom is 0.276 e. The summed E-state index contributed by atoms with van der Waals surface area (Å²) in [5.74, 6) is 0.788. The number of nitrogens with zero attached hydrogens (tertiary/aromatic N) is 4. The molecule has 0 aliphatic heterocycles. The predicted molar refractivity (Wildman–Crippen MR) is 136 cm³/mol. The lowest BCUT2D eigenvalue weighted by atomic mass is 10.0. The van der Waals surface area contributed by atoms with Crippen LogP contribution in [0.3, 0.4) is 0 Å². The van der Waals surface area contributed by atoms with Gasteiger partial charge in [-0.2, -0.15) is 0 Å². The van der Waals surface area contributed by atoms with Crippen LogP contribution in [0, 0.1) is 10.1 Å². The van der Waals surface area contributed by atoms with Crippen molar-refractivity contribution in [2.45, 2.75) is 19.8 Å². The Morgan fingerprint density at radius 1 is 1.03 bits per heavy atom. The van der Waals surface area contributed by atoms with E-state index in [1.807, 2.05) is 50.5 Å². The van der Waals surface area contributed by atoms with Gasteiger partial charge in [0.05, 0.1) is 27.1 Å². The zero-order valence-electron chi connectivity index (χ0n) is 19.6. The normalized spacial score (nSPS) is 11.4. The minimum Gasteiger partial charge on any atom is -0.383 e. The van der Waals surface area contributed by atoms with Crippen molar-refractivity contribution in [3.05, 3.63) is 105 Å². The molecule has 3 aromatic carbocycles. The van der Waals surface area contributed by atoms with Crippen LogP contribution < -0.4 is 5.56 Å². The average molecular weight is 455 g/mol. The third-order valence-electron chi connectivity index (χ3n) is 5.63. The van der Waals surface area contributed by atoms with Crippen LogP contribution in [0.1, 0.15) is 30.9 Å². The fraction of sp³-hybridized carbons (Fsp3) is 0.185. The molecule has 0 aliphatic rings. The number of para-hydroxylation sites is 1. The van der Waals surface area contributed by atoms with E-state index in [9.17, 15) is 14.9 Å². The summed E-state index contributed by atoms with van der Waals surface area (Å²) >= 11 is 0. The van der Waals surface area contributed by atoms with Crippen LogP contribution in [0.2, 0.25) is 0 Å². The number of benzene rings is 3. The standard InChI is InChI=1S/C27H26N4O3/c1-18(2)19-9-12-22(13-10-19)30-26(28-24-8-6-5-7-23(24)27(30)32)21-11-14-25(31(33)34)20(17-21)15-16-29(3)4/h5-18H,1-4H3. The zero-order chi connectivity index (χ0) is 24.4. The summed E-state index contributed by atoms with van der Waals surface area (Å²) in [5, 5.41) is 12.1. The predicted octanol–water partition coefficient (Wildman–Crippen LogP) is 5.62. The van der Waals surface area contributed by atoms with Crippen LogP contribution >= 0.6 is 0 Å². The third kappa shape index (κ3) is 4.45. The highest BCUT2D eigenvalue weighted by Crippen LogP contribution is 2.29. The number of rotatable bonds is 6. The number of nitro benzene ring substituents is 1. The molecule has 1 aromatic heterocycles. The molecule has 0 N–H and O–H groups in total. The molecule has 4 aromatic rings. The van der Waals surface area contributed by atoms with Gasteiger partial charge in [0.2, 0.25) is 0 Å². The lowest BCUT2D eigenvalue weighted by Crippen LogP contribution is -2.22. The summed E-state index contributed by atoms with van der Waals surface area (Å²) in [7, 11) is 3.69. The Morgan fingerprint density at radius 2 is 1.74 bits per heavy atom. The summed E-state index contributed by atoms with van der Waals surface area (Å²) < 4.78 is 1.58. The molecule has 0 atom stereocenters. The first kappa shape index (κ1) is 22.9. The van der Waals surface area contributed by atoms with E-state index in [0.29, 0.717) is 39.5 Å². The largest absolute Gasteiger partial charge is 0.383 e. The van der Waals surface area contributed by atoms with Crippen molar-refractivity contribution in [2.24, 2.45) is 0 Å². The summed E-state index contributed by atoms with van der Waals surface area (Å²) in [5.41, 5.74) is 3.26. The van der Waals surface area contributed by atoms with Gasteiger partial charge in [-0.1, -0.05) is 38.1 Å². The van der Waals surface area contributed by atoms with E-state index in [4.69, 9.17) is 4.98 Å². The molecular weight excluding hydrogens is 428 g/mol.